The van der Waals surface area contributed by atoms with E-state index in [1.54, 1.807) is 7.11 Å². The molecule has 17 heavy (non-hydrogen) atoms. The van der Waals surface area contributed by atoms with Crippen LogP contribution in [0.25, 0.3) is 0 Å². The lowest BCUT2D eigenvalue weighted by Crippen LogP contribution is -2.05. The lowest BCUT2D eigenvalue weighted by atomic mass is 10.1. The molecule has 2 N–H and O–H groups in total. The fourth-order valence-corrected chi connectivity index (χ4v) is 1.45. The van der Waals surface area contributed by atoms with E-state index < -0.39 is 0 Å². The van der Waals surface area contributed by atoms with Gasteiger partial charge in [0, 0.05) is 6.42 Å². The highest BCUT2D eigenvalue weighted by molar-refractivity contribution is 5.28. The molecule has 0 bridgehead atoms. The van der Waals surface area contributed by atoms with Crippen LogP contribution in [-0.4, -0.2) is 17.3 Å². The van der Waals surface area contributed by atoms with E-state index in [9.17, 15) is 0 Å². The minimum Gasteiger partial charge on any atom is -0.497 e. The lowest BCUT2D eigenvalue weighted by molar-refractivity contribution is 0.358. The normalized spacial score (nSPS) is 12.4. The average Bonchev–Trinajstić information content (AvgIpc) is 2.79. The molecule has 1 aromatic carbocycles. The standard InChI is InChI=1S/C12H15N3O2/c1-8(13)12-14-11(15-17-12)7-9-3-5-10(16-2)6-4-9/h3-6,8H,7,13H2,1-2H3/t8-/m1/s1. The van der Waals surface area contributed by atoms with E-state index in [2.05, 4.69) is 10.1 Å². The molecule has 0 spiro atoms. The minimum absolute atomic E-state index is 0.230. The summed E-state index contributed by atoms with van der Waals surface area (Å²) in [7, 11) is 1.64. The fourth-order valence-electron chi connectivity index (χ4n) is 1.45. The Morgan fingerprint density at radius 1 is 1.35 bits per heavy atom. The number of hydrogen-bond acceptors (Lipinski definition) is 5. The first-order valence-electron chi connectivity index (χ1n) is 5.40. The van der Waals surface area contributed by atoms with Crippen molar-refractivity contribution in [3.63, 3.8) is 0 Å². The van der Waals surface area contributed by atoms with E-state index in [-0.39, 0.29) is 6.04 Å². The van der Waals surface area contributed by atoms with E-state index in [0.717, 1.165) is 11.3 Å². The van der Waals surface area contributed by atoms with Gasteiger partial charge in [-0.05, 0) is 24.6 Å². The van der Waals surface area contributed by atoms with Gasteiger partial charge >= 0.3 is 0 Å². The van der Waals surface area contributed by atoms with Crippen molar-refractivity contribution in [1.29, 1.82) is 0 Å². The zero-order chi connectivity index (χ0) is 12.3. The number of benzene rings is 1. The van der Waals surface area contributed by atoms with Crippen LogP contribution in [0.1, 0.15) is 30.2 Å². The number of nitrogens with zero attached hydrogens (tertiary/aromatic N) is 2. The number of rotatable bonds is 4. The molecule has 2 aromatic rings. The summed E-state index contributed by atoms with van der Waals surface area (Å²) in [5, 5.41) is 3.88. The highest BCUT2D eigenvalue weighted by atomic mass is 16.5. The molecule has 1 aromatic heterocycles. The molecule has 0 saturated heterocycles. The number of methoxy groups -OCH3 is 1. The Morgan fingerprint density at radius 2 is 2.06 bits per heavy atom. The van der Waals surface area contributed by atoms with Crippen LogP contribution in [0.3, 0.4) is 0 Å². The molecule has 0 fully saturated rings. The number of hydrogen-bond donors (Lipinski definition) is 1. The van der Waals surface area contributed by atoms with Gasteiger partial charge in [0.25, 0.3) is 0 Å². The summed E-state index contributed by atoms with van der Waals surface area (Å²) in [4.78, 5) is 4.21. The van der Waals surface area contributed by atoms with Crippen molar-refractivity contribution in [2.24, 2.45) is 5.73 Å². The van der Waals surface area contributed by atoms with Gasteiger partial charge in [0.05, 0.1) is 13.2 Å². The highest BCUT2D eigenvalue weighted by Gasteiger charge is 2.10. The second-order valence-corrected chi connectivity index (χ2v) is 3.86. The van der Waals surface area contributed by atoms with Crippen LogP contribution in [0.5, 0.6) is 5.75 Å². The van der Waals surface area contributed by atoms with Crippen molar-refractivity contribution in [1.82, 2.24) is 10.1 Å². The van der Waals surface area contributed by atoms with Crippen LogP contribution in [0.4, 0.5) is 0 Å². The largest absolute Gasteiger partial charge is 0.497 e. The summed E-state index contributed by atoms with van der Waals surface area (Å²) in [5.41, 5.74) is 6.75. The molecule has 0 aliphatic rings. The van der Waals surface area contributed by atoms with E-state index in [4.69, 9.17) is 15.0 Å². The predicted molar refractivity (Wildman–Crippen MR) is 62.7 cm³/mol. The molecule has 5 nitrogen and oxygen atoms in total. The third-order valence-electron chi connectivity index (χ3n) is 2.39. The first kappa shape index (κ1) is 11.6. The van der Waals surface area contributed by atoms with Crippen LogP contribution in [0, 0.1) is 0 Å². The molecule has 1 atom stereocenters. The van der Waals surface area contributed by atoms with E-state index in [1.807, 2.05) is 31.2 Å². The summed E-state index contributed by atoms with van der Waals surface area (Å²) < 4.78 is 10.1. The van der Waals surface area contributed by atoms with Gasteiger partial charge in [0.2, 0.25) is 5.89 Å². The predicted octanol–water partition coefficient (Wildman–Crippen LogP) is 1.69. The third-order valence-corrected chi connectivity index (χ3v) is 2.39. The Bertz CT molecular complexity index is 477. The molecule has 5 heteroatoms. The molecule has 2 rings (SSSR count). The van der Waals surface area contributed by atoms with Crippen molar-refractivity contribution in [3.8, 4) is 5.75 Å². The summed E-state index contributed by atoms with van der Waals surface area (Å²) in [6, 6.07) is 7.53. The molecule has 0 saturated carbocycles. The van der Waals surface area contributed by atoms with Crippen molar-refractivity contribution >= 4 is 0 Å². The second kappa shape index (κ2) is 4.97. The molecule has 0 aliphatic carbocycles. The quantitative estimate of drug-likeness (QED) is 0.869. The SMILES string of the molecule is COc1ccc(Cc2noc([C@@H](C)N)n2)cc1. The van der Waals surface area contributed by atoms with Gasteiger partial charge in [-0.1, -0.05) is 17.3 Å². The zero-order valence-electron chi connectivity index (χ0n) is 9.88. The Morgan fingerprint density at radius 3 is 2.59 bits per heavy atom. The first-order chi connectivity index (χ1) is 8.19. The first-order valence-corrected chi connectivity index (χ1v) is 5.40. The van der Waals surface area contributed by atoms with E-state index >= 15 is 0 Å². The Kier molecular flexibility index (Phi) is 3.39. The fraction of sp³-hybridized carbons (Fsp3) is 0.333. The molecule has 0 aliphatic heterocycles. The van der Waals surface area contributed by atoms with Gasteiger partial charge in [-0.3, -0.25) is 0 Å². The maximum absolute atomic E-state index is 5.65. The Hall–Kier alpha value is -1.88. The van der Waals surface area contributed by atoms with Crippen molar-refractivity contribution in [3.05, 3.63) is 41.5 Å². The van der Waals surface area contributed by atoms with E-state index in [0.29, 0.717) is 18.1 Å². The van der Waals surface area contributed by atoms with Gasteiger partial charge in [0.15, 0.2) is 5.82 Å². The Balaban J connectivity index is 2.08. The molecule has 0 amide bonds. The van der Waals surface area contributed by atoms with Crippen LogP contribution in [0.15, 0.2) is 28.8 Å². The summed E-state index contributed by atoms with van der Waals surface area (Å²) in [6.07, 6.45) is 0.625. The summed E-state index contributed by atoms with van der Waals surface area (Å²) in [6.45, 7) is 1.81. The topological polar surface area (TPSA) is 74.2 Å². The molecule has 90 valence electrons. The molecular formula is C12H15N3O2. The van der Waals surface area contributed by atoms with Crippen LogP contribution in [-0.2, 0) is 6.42 Å². The highest BCUT2D eigenvalue weighted by Crippen LogP contribution is 2.14. The van der Waals surface area contributed by atoms with Gasteiger partial charge in [-0.25, -0.2) is 0 Å². The molecule has 1 heterocycles. The van der Waals surface area contributed by atoms with Crippen molar-refractivity contribution < 1.29 is 9.26 Å². The zero-order valence-corrected chi connectivity index (χ0v) is 9.88. The van der Waals surface area contributed by atoms with Gasteiger partial charge in [-0.2, -0.15) is 4.98 Å². The maximum Gasteiger partial charge on any atom is 0.243 e. The van der Waals surface area contributed by atoms with E-state index in [1.165, 1.54) is 0 Å². The monoisotopic (exact) mass is 233 g/mol. The van der Waals surface area contributed by atoms with Crippen LogP contribution in [0.2, 0.25) is 0 Å². The molecule has 0 unspecified atom stereocenters. The third kappa shape index (κ3) is 2.82. The number of nitrogens with two attached hydrogens (primary N) is 1. The van der Waals surface area contributed by atoms with Gasteiger partial charge in [-0.15, -0.1) is 0 Å². The van der Waals surface area contributed by atoms with Crippen LogP contribution < -0.4 is 10.5 Å². The Labute approximate surface area is 99.6 Å². The van der Waals surface area contributed by atoms with Gasteiger partial charge < -0.3 is 15.0 Å². The number of ether oxygens (including phenoxy) is 1. The minimum atomic E-state index is -0.230. The lowest BCUT2D eigenvalue weighted by Gasteiger charge is -2.00. The van der Waals surface area contributed by atoms with Crippen molar-refractivity contribution in [2.45, 2.75) is 19.4 Å². The van der Waals surface area contributed by atoms with Crippen molar-refractivity contribution in [2.75, 3.05) is 7.11 Å². The molecule has 0 radical (unpaired) electrons. The average molecular weight is 233 g/mol. The summed E-state index contributed by atoms with van der Waals surface area (Å²) in [5.74, 6) is 1.94. The summed E-state index contributed by atoms with van der Waals surface area (Å²) >= 11 is 0. The smallest absolute Gasteiger partial charge is 0.243 e. The second-order valence-electron chi connectivity index (χ2n) is 3.86. The van der Waals surface area contributed by atoms with Gasteiger partial charge in [0.1, 0.15) is 5.75 Å². The molecular weight excluding hydrogens is 218 g/mol. The van der Waals surface area contributed by atoms with Crippen LogP contribution >= 0.6 is 0 Å². The maximum atomic E-state index is 5.65. The number of aromatic nitrogens is 2.